The maximum absolute atomic E-state index is 13.0. The number of nitrogens with one attached hydrogen (secondary N) is 1. The Balaban J connectivity index is 2.15. The fourth-order valence-electron chi connectivity index (χ4n) is 2.28. The van der Waals surface area contributed by atoms with Gasteiger partial charge in [-0.1, -0.05) is 30.3 Å². The molecule has 0 aliphatic heterocycles. The topological polar surface area (TPSA) is 15.8 Å². The number of H-pyrrole nitrogens is 1. The number of halogens is 1. The molecule has 3 aromatic rings. The molecule has 0 unspecified atom stereocenters. The summed E-state index contributed by atoms with van der Waals surface area (Å²) in [4.78, 5) is 3.36. The number of benzene rings is 2. The van der Waals surface area contributed by atoms with Crippen molar-refractivity contribution in [2.45, 2.75) is 6.92 Å². The molecule has 2 heteroatoms. The van der Waals surface area contributed by atoms with Gasteiger partial charge in [0.15, 0.2) is 0 Å². The van der Waals surface area contributed by atoms with E-state index in [1.165, 1.54) is 12.1 Å². The lowest BCUT2D eigenvalue weighted by atomic mass is 10.0. The van der Waals surface area contributed by atoms with Crippen LogP contribution in [0.25, 0.3) is 22.4 Å². The van der Waals surface area contributed by atoms with Gasteiger partial charge in [-0.05, 0) is 48.4 Å². The number of hydrogen-bond donors (Lipinski definition) is 1. The minimum Gasteiger partial charge on any atom is -0.358 e. The van der Waals surface area contributed by atoms with Crippen LogP contribution in [0.2, 0.25) is 0 Å². The number of aryl methyl sites for hydroxylation is 1. The monoisotopic (exact) mass is 251 g/mol. The maximum atomic E-state index is 13.0. The summed E-state index contributed by atoms with van der Waals surface area (Å²) in [6, 6.07) is 18.9. The minimum atomic E-state index is -0.215. The van der Waals surface area contributed by atoms with E-state index in [1.807, 2.05) is 25.1 Å². The summed E-state index contributed by atoms with van der Waals surface area (Å²) < 4.78 is 13.0. The molecule has 0 amide bonds. The molecule has 0 aliphatic carbocycles. The number of rotatable bonds is 2. The van der Waals surface area contributed by atoms with Gasteiger partial charge >= 0.3 is 0 Å². The van der Waals surface area contributed by atoms with Gasteiger partial charge in [0.2, 0.25) is 0 Å². The van der Waals surface area contributed by atoms with Crippen molar-refractivity contribution in [1.82, 2.24) is 4.98 Å². The Labute approximate surface area is 111 Å². The highest BCUT2D eigenvalue weighted by atomic mass is 19.1. The molecule has 1 N–H and O–H groups in total. The van der Waals surface area contributed by atoms with Gasteiger partial charge in [0.25, 0.3) is 0 Å². The van der Waals surface area contributed by atoms with Crippen LogP contribution in [0.15, 0.2) is 60.7 Å². The van der Waals surface area contributed by atoms with Crippen LogP contribution in [0.4, 0.5) is 4.39 Å². The van der Waals surface area contributed by atoms with Crippen LogP contribution >= 0.6 is 0 Å². The highest BCUT2D eigenvalue weighted by Gasteiger charge is 2.10. The Morgan fingerprint density at radius 3 is 2.21 bits per heavy atom. The molecular formula is C17H14FN. The van der Waals surface area contributed by atoms with Crippen LogP contribution in [0.5, 0.6) is 0 Å². The molecule has 1 aromatic heterocycles. The summed E-state index contributed by atoms with van der Waals surface area (Å²) in [5.41, 5.74) is 5.42. The predicted octanol–water partition coefficient (Wildman–Crippen LogP) is 4.80. The van der Waals surface area contributed by atoms with Crippen molar-refractivity contribution >= 4 is 0 Å². The molecule has 2 aromatic carbocycles. The second-order valence-corrected chi connectivity index (χ2v) is 4.61. The van der Waals surface area contributed by atoms with Crippen molar-refractivity contribution in [2.75, 3.05) is 0 Å². The first-order chi connectivity index (χ1) is 9.24. The quantitative estimate of drug-likeness (QED) is 0.673. The first kappa shape index (κ1) is 11.7. The summed E-state index contributed by atoms with van der Waals surface area (Å²) in [5.74, 6) is -0.215. The number of hydrogen-bond acceptors (Lipinski definition) is 0. The fraction of sp³-hybridized carbons (Fsp3) is 0.0588. The van der Waals surface area contributed by atoms with E-state index in [4.69, 9.17) is 0 Å². The summed E-state index contributed by atoms with van der Waals surface area (Å²) in [6.45, 7) is 2.03. The Kier molecular flexibility index (Phi) is 2.92. The van der Waals surface area contributed by atoms with Gasteiger partial charge in [-0.25, -0.2) is 4.39 Å². The van der Waals surface area contributed by atoms with Gasteiger partial charge in [-0.3, -0.25) is 0 Å². The predicted molar refractivity (Wildman–Crippen MR) is 76.4 cm³/mol. The molecular weight excluding hydrogens is 237 g/mol. The number of aromatic nitrogens is 1. The summed E-state index contributed by atoms with van der Waals surface area (Å²) >= 11 is 0. The van der Waals surface area contributed by atoms with E-state index >= 15 is 0 Å². The summed E-state index contributed by atoms with van der Waals surface area (Å²) in [6.07, 6.45) is 0. The van der Waals surface area contributed by atoms with Gasteiger partial charge in [-0.15, -0.1) is 0 Å². The molecule has 0 bridgehead atoms. The van der Waals surface area contributed by atoms with Gasteiger partial charge in [0.05, 0.1) is 5.69 Å². The normalized spacial score (nSPS) is 10.6. The van der Waals surface area contributed by atoms with Gasteiger partial charge in [-0.2, -0.15) is 0 Å². The molecule has 0 aliphatic rings. The lowest BCUT2D eigenvalue weighted by molar-refractivity contribution is 0.628. The van der Waals surface area contributed by atoms with E-state index in [9.17, 15) is 4.39 Å². The van der Waals surface area contributed by atoms with Crippen LogP contribution < -0.4 is 0 Å². The third-order valence-electron chi connectivity index (χ3n) is 3.17. The second-order valence-electron chi connectivity index (χ2n) is 4.61. The number of aromatic amines is 1. The molecule has 0 radical (unpaired) electrons. The molecule has 1 nitrogen and oxygen atoms in total. The zero-order chi connectivity index (χ0) is 13.2. The SMILES string of the molecule is Cc1cc(-c2ccccc2)c(-c2ccc(F)cc2)[nH]1. The fourth-order valence-corrected chi connectivity index (χ4v) is 2.28. The van der Waals surface area contributed by atoms with E-state index in [-0.39, 0.29) is 5.82 Å². The van der Waals surface area contributed by atoms with Crippen LogP contribution in [-0.2, 0) is 0 Å². The van der Waals surface area contributed by atoms with Crippen LogP contribution in [0, 0.1) is 12.7 Å². The average Bonchev–Trinajstić information content (AvgIpc) is 2.83. The van der Waals surface area contributed by atoms with E-state index in [1.54, 1.807) is 12.1 Å². The third kappa shape index (κ3) is 2.29. The lowest BCUT2D eigenvalue weighted by Gasteiger charge is -2.04. The Bertz CT molecular complexity index is 681. The summed E-state index contributed by atoms with van der Waals surface area (Å²) in [7, 11) is 0. The van der Waals surface area contributed by atoms with Crippen molar-refractivity contribution in [1.29, 1.82) is 0 Å². The molecule has 19 heavy (non-hydrogen) atoms. The zero-order valence-electron chi connectivity index (χ0n) is 10.7. The minimum absolute atomic E-state index is 0.215. The lowest BCUT2D eigenvalue weighted by Crippen LogP contribution is -1.83. The van der Waals surface area contributed by atoms with Crippen LogP contribution in [-0.4, -0.2) is 4.98 Å². The highest BCUT2D eigenvalue weighted by molar-refractivity contribution is 5.81. The summed E-state index contributed by atoms with van der Waals surface area (Å²) in [5, 5.41) is 0. The van der Waals surface area contributed by atoms with Gasteiger partial charge in [0, 0.05) is 11.3 Å². The Morgan fingerprint density at radius 2 is 1.53 bits per heavy atom. The second kappa shape index (κ2) is 4.73. The van der Waals surface area contributed by atoms with Crippen molar-refractivity contribution in [3.05, 3.63) is 72.2 Å². The molecule has 1 heterocycles. The van der Waals surface area contributed by atoms with Crippen molar-refractivity contribution in [3.63, 3.8) is 0 Å². The van der Waals surface area contributed by atoms with Crippen molar-refractivity contribution < 1.29 is 4.39 Å². The Hall–Kier alpha value is -2.35. The van der Waals surface area contributed by atoms with Crippen molar-refractivity contribution in [3.8, 4) is 22.4 Å². The van der Waals surface area contributed by atoms with Gasteiger partial charge < -0.3 is 4.98 Å². The Morgan fingerprint density at radius 1 is 0.842 bits per heavy atom. The van der Waals surface area contributed by atoms with Crippen LogP contribution in [0.3, 0.4) is 0 Å². The van der Waals surface area contributed by atoms with E-state index < -0.39 is 0 Å². The standard InChI is InChI=1S/C17H14FN/c1-12-11-16(13-5-3-2-4-6-13)17(19-12)14-7-9-15(18)10-8-14/h2-11,19H,1H3. The molecule has 0 atom stereocenters. The van der Waals surface area contributed by atoms with E-state index in [0.29, 0.717) is 0 Å². The molecule has 94 valence electrons. The van der Waals surface area contributed by atoms with Gasteiger partial charge in [0.1, 0.15) is 5.82 Å². The van der Waals surface area contributed by atoms with E-state index in [2.05, 4.69) is 23.2 Å². The molecule has 0 spiro atoms. The smallest absolute Gasteiger partial charge is 0.123 e. The first-order valence-electron chi connectivity index (χ1n) is 6.25. The maximum Gasteiger partial charge on any atom is 0.123 e. The van der Waals surface area contributed by atoms with Crippen molar-refractivity contribution in [2.24, 2.45) is 0 Å². The molecule has 0 saturated carbocycles. The highest BCUT2D eigenvalue weighted by Crippen LogP contribution is 2.32. The average molecular weight is 251 g/mol. The van der Waals surface area contributed by atoms with E-state index in [0.717, 1.165) is 28.1 Å². The third-order valence-corrected chi connectivity index (χ3v) is 3.17. The first-order valence-corrected chi connectivity index (χ1v) is 6.25. The largest absolute Gasteiger partial charge is 0.358 e. The molecule has 0 fully saturated rings. The molecule has 0 saturated heterocycles. The zero-order valence-corrected chi connectivity index (χ0v) is 10.7. The molecule has 3 rings (SSSR count). The van der Waals surface area contributed by atoms with Crippen LogP contribution in [0.1, 0.15) is 5.69 Å².